The minimum atomic E-state index is -4.27. The van der Waals surface area contributed by atoms with Crippen LogP contribution < -0.4 is 5.46 Å². The highest BCUT2D eigenvalue weighted by atomic mass is 19.4. The Bertz CT molecular complexity index is 472. The van der Waals surface area contributed by atoms with E-state index in [4.69, 9.17) is 0 Å². The Morgan fingerprint density at radius 1 is 1.21 bits per heavy atom. The molecule has 0 amide bonds. The first-order valence-corrected chi connectivity index (χ1v) is 4.13. The second-order valence-electron chi connectivity index (χ2n) is 3.23. The molecule has 1 N–H and O–H groups in total. The van der Waals surface area contributed by atoms with E-state index in [0.29, 0.717) is 11.0 Å². The molecule has 2 aromatic rings. The zero-order chi connectivity index (χ0) is 10.3. The summed E-state index contributed by atoms with van der Waals surface area (Å²) >= 11 is 0. The Morgan fingerprint density at radius 2 is 1.93 bits per heavy atom. The van der Waals surface area contributed by atoms with Crippen LogP contribution in [0.1, 0.15) is 5.56 Å². The Labute approximate surface area is 79.3 Å². The van der Waals surface area contributed by atoms with Gasteiger partial charge in [0.15, 0.2) is 0 Å². The van der Waals surface area contributed by atoms with Gasteiger partial charge in [0.1, 0.15) is 7.85 Å². The molecule has 0 aliphatic heterocycles. The molecule has 1 nitrogen and oxygen atoms in total. The van der Waals surface area contributed by atoms with Gasteiger partial charge in [-0.3, -0.25) is 0 Å². The van der Waals surface area contributed by atoms with E-state index in [-0.39, 0.29) is 0 Å². The van der Waals surface area contributed by atoms with E-state index in [1.165, 1.54) is 0 Å². The summed E-state index contributed by atoms with van der Waals surface area (Å²) in [5, 5.41) is 0.831. The van der Waals surface area contributed by atoms with E-state index < -0.39 is 11.7 Å². The van der Waals surface area contributed by atoms with Crippen molar-refractivity contribution in [2.24, 2.45) is 0 Å². The zero-order valence-corrected chi connectivity index (χ0v) is 7.44. The van der Waals surface area contributed by atoms with Crippen LogP contribution in [0.5, 0.6) is 0 Å². The third-order valence-corrected chi connectivity index (χ3v) is 2.20. The van der Waals surface area contributed by atoms with Crippen LogP contribution in [0, 0.1) is 0 Å². The van der Waals surface area contributed by atoms with Crippen LogP contribution in [-0.4, -0.2) is 12.8 Å². The average molecular weight is 197 g/mol. The van der Waals surface area contributed by atoms with Crippen LogP contribution in [0.4, 0.5) is 13.2 Å². The van der Waals surface area contributed by atoms with Crippen molar-refractivity contribution in [3.63, 3.8) is 0 Å². The van der Waals surface area contributed by atoms with Crippen molar-refractivity contribution in [3.05, 3.63) is 30.0 Å². The Morgan fingerprint density at radius 3 is 2.57 bits per heavy atom. The molecule has 0 atom stereocenters. The Kier molecular flexibility index (Phi) is 1.84. The van der Waals surface area contributed by atoms with Crippen molar-refractivity contribution >= 4 is 24.2 Å². The fraction of sp³-hybridized carbons (Fsp3) is 0.111. The third kappa shape index (κ3) is 1.39. The maximum atomic E-state index is 12.4. The Balaban J connectivity index is 2.70. The molecule has 1 aromatic heterocycles. The molecule has 2 rings (SSSR count). The maximum absolute atomic E-state index is 12.4. The van der Waals surface area contributed by atoms with Crippen molar-refractivity contribution in [2.45, 2.75) is 6.18 Å². The third-order valence-electron chi connectivity index (χ3n) is 2.20. The van der Waals surface area contributed by atoms with Gasteiger partial charge in [-0.25, -0.2) is 0 Å². The first-order chi connectivity index (χ1) is 6.48. The van der Waals surface area contributed by atoms with Gasteiger partial charge in [-0.1, -0.05) is 11.5 Å². The fourth-order valence-electron chi connectivity index (χ4n) is 1.52. The van der Waals surface area contributed by atoms with Crippen LogP contribution in [0.3, 0.4) is 0 Å². The molecule has 0 saturated carbocycles. The smallest absolute Gasteiger partial charge is 0.361 e. The molecule has 0 unspecified atom stereocenters. The number of H-pyrrole nitrogens is 1. The highest BCUT2D eigenvalue weighted by molar-refractivity contribution is 6.38. The standard InChI is InChI=1S/C9H7BF3N/c10-7-3-5(9(11,12)13)4-8-6(7)1-2-14-8/h1-4,14H,10H2. The molecule has 0 radical (unpaired) electrons. The van der Waals surface area contributed by atoms with Gasteiger partial charge in [0, 0.05) is 11.7 Å². The van der Waals surface area contributed by atoms with E-state index in [0.717, 1.165) is 17.5 Å². The lowest BCUT2D eigenvalue weighted by atomic mass is 9.90. The highest BCUT2D eigenvalue weighted by Gasteiger charge is 2.30. The van der Waals surface area contributed by atoms with Crippen LogP contribution >= 0.6 is 0 Å². The summed E-state index contributed by atoms with van der Waals surface area (Å²) in [5.74, 6) is 0. The van der Waals surface area contributed by atoms with E-state index >= 15 is 0 Å². The predicted octanol–water partition coefficient (Wildman–Crippen LogP) is 1.45. The van der Waals surface area contributed by atoms with Crippen LogP contribution in [-0.2, 0) is 6.18 Å². The molecule has 0 spiro atoms. The highest BCUT2D eigenvalue weighted by Crippen LogP contribution is 2.30. The van der Waals surface area contributed by atoms with Crippen molar-refractivity contribution in [1.82, 2.24) is 4.98 Å². The lowest BCUT2D eigenvalue weighted by molar-refractivity contribution is -0.137. The Hall–Kier alpha value is -1.39. The molecule has 1 heterocycles. The lowest BCUT2D eigenvalue weighted by Gasteiger charge is -2.08. The van der Waals surface area contributed by atoms with E-state index in [1.807, 2.05) is 0 Å². The molecule has 5 heteroatoms. The summed E-state index contributed by atoms with van der Waals surface area (Å²) in [6.07, 6.45) is -2.64. The SMILES string of the molecule is Bc1cc(C(F)(F)F)cc2[nH]ccc12. The van der Waals surface area contributed by atoms with E-state index in [2.05, 4.69) is 4.98 Å². The number of hydrogen-bond acceptors (Lipinski definition) is 0. The predicted molar refractivity (Wildman–Crippen MR) is 51.5 cm³/mol. The number of alkyl halides is 3. The van der Waals surface area contributed by atoms with Crippen LogP contribution in [0.25, 0.3) is 10.9 Å². The van der Waals surface area contributed by atoms with Crippen LogP contribution in [0.2, 0.25) is 0 Å². The minimum absolute atomic E-state index is 0.525. The molecular weight excluding hydrogens is 190 g/mol. The van der Waals surface area contributed by atoms with Gasteiger partial charge in [-0.05, 0) is 17.5 Å². The molecule has 0 bridgehead atoms. The molecule has 0 fully saturated rings. The topological polar surface area (TPSA) is 15.8 Å². The maximum Gasteiger partial charge on any atom is 0.416 e. The molecule has 1 aromatic carbocycles. The summed E-state index contributed by atoms with van der Waals surface area (Å²) in [4.78, 5) is 2.77. The van der Waals surface area contributed by atoms with Gasteiger partial charge in [0.25, 0.3) is 0 Å². The second kappa shape index (κ2) is 2.80. The average Bonchev–Trinajstić information content (AvgIpc) is 2.50. The summed E-state index contributed by atoms with van der Waals surface area (Å²) < 4.78 is 37.2. The monoisotopic (exact) mass is 197 g/mol. The molecular formula is C9H7BF3N. The summed E-state index contributed by atoms with van der Waals surface area (Å²) in [6.45, 7) is 0. The fourth-order valence-corrected chi connectivity index (χ4v) is 1.52. The van der Waals surface area contributed by atoms with Gasteiger partial charge >= 0.3 is 6.18 Å². The van der Waals surface area contributed by atoms with Crippen molar-refractivity contribution < 1.29 is 13.2 Å². The number of hydrogen-bond donors (Lipinski definition) is 1. The van der Waals surface area contributed by atoms with Crippen molar-refractivity contribution in [2.75, 3.05) is 0 Å². The van der Waals surface area contributed by atoms with Crippen molar-refractivity contribution in [3.8, 4) is 0 Å². The largest absolute Gasteiger partial charge is 0.416 e. The van der Waals surface area contributed by atoms with Gasteiger partial charge in [-0.2, -0.15) is 13.2 Å². The van der Waals surface area contributed by atoms with Crippen LogP contribution in [0.15, 0.2) is 24.4 Å². The number of rotatable bonds is 0. The summed E-state index contributed by atoms with van der Waals surface area (Å²) in [5.41, 5.74) is 0.554. The van der Waals surface area contributed by atoms with Crippen molar-refractivity contribution in [1.29, 1.82) is 0 Å². The molecule has 14 heavy (non-hydrogen) atoms. The number of benzene rings is 1. The zero-order valence-electron chi connectivity index (χ0n) is 7.44. The first kappa shape index (κ1) is 9.18. The van der Waals surface area contributed by atoms with E-state index in [9.17, 15) is 13.2 Å². The molecule has 0 aliphatic carbocycles. The first-order valence-electron chi connectivity index (χ1n) is 4.13. The number of aromatic amines is 1. The number of halogens is 3. The van der Waals surface area contributed by atoms with Gasteiger partial charge in [-0.15, -0.1) is 0 Å². The second-order valence-corrected chi connectivity index (χ2v) is 3.23. The van der Waals surface area contributed by atoms with Gasteiger partial charge in [0.05, 0.1) is 5.56 Å². The summed E-state index contributed by atoms with van der Waals surface area (Å²) in [6, 6.07) is 4.06. The minimum Gasteiger partial charge on any atom is -0.361 e. The number of fused-ring (bicyclic) bond motifs is 1. The summed E-state index contributed by atoms with van der Waals surface area (Å²) in [7, 11) is 1.67. The number of nitrogens with one attached hydrogen (secondary N) is 1. The molecule has 0 aliphatic rings. The van der Waals surface area contributed by atoms with E-state index in [1.54, 1.807) is 20.1 Å². The lowest BCUT2D eigenvalue weighted by Crippen LogP contribution is -2.11. The van der Waals surface area contributed by atoms with Gasteiger partial charge in [0.2, 0.25) is 0 Å². The quantitative estimate of drug-likeness (QED) is 0.615. The molecule has 72 valence electrons. The molecule has 0 saturated heterocycles. The normalized spacial score (nSPS) is 12.2. The van der Waals surface area contributed by atoms with Gasteiger partial charge < -0.3 is 4.98 Å². The number of aromatic nitrogens is 1.